The molecular formula is C7H13NO. The molecule has 0 amide bonds. The quantitative estimate of drug-likeness (QED) is 0.438. The van der Waals surface area contributed by atoms with Gasteiger partial charge in [-0.3, -0.25) is 5.73 Å². The molecule has 0 heterocycles. The van der Waals surface area contributed by atoms with Crippen LogP contribution in [0, 0.1) is 11.8 Å². The zero-order chi connectivity index (χ0) is 7.33. The summed E-state index contributed by atoms with van der Waals surface area (Å²) in [7, 11) is 0. The van der Waals surface area contributed by atoms with Crippen LogP contribution in [-0.2, 0) is 4.74 Å². The van der Waals surface area contributed by atoms with Gasteiger partial charge in [-0.2, -0.15) is 0 Å². The van der Waals surface area contributed by atoms with Gasteiger partial charge in [0.15, 0.2) is 5.72 Å². The summed E-state index contributed by atoms with van der Waals surface area (Å²) in [4.78, 5) is 0. The minimum Gasteiger partial charge on any atom is -0.350 e. The smallest absolute Gasteiger partial charge is 0.176 e. The van der Waals surface area contributed by atoms with Gasteiger partial charge in [-0.05, 0) is 20.8 Å². The molecule has 0 rings (SSSR count). The number of hydrogen-bond acceptors (Lipinski definition) is 2. The fourth-order valence-electron chi connectivity index (χ4n) is 0.584. The van der Waals surface area contributed by atoms with E-state index in [4.69, 9.17) is 10.5 Å². The van der Waals surface area contributed by atoms with Crippen molar-refractivity contribution in [1.82, 2.24) is 0 Å². The summed E-state index contributed by atoms with van der Waals surface area (Å²) in [6.45, 7) is 5.97. The lowest BCUT2D eigenvalue weighted by atomic mass is 10.3. The Morgan fingerprint density at radius 1 is 1.67 bits per heavy atom. The average molecular weight is 127 g/mol. The van der Waals surface area contributed by atoms with Crippen molar-refractivity contribution in [2.45, 2.75) is 26.5 Å². The summed E-state index contributed by atoms with van der Waals surface area (Å²) >= 11 is 0. The summed E-state index contributed by atoms with van der Waals surface area (Å²) in [5, 5.41) is 0. The molecule has 0 fully saturated rings. The van der Waals surface area contributed by atoms with E-state index >= 15 is 0 Å². The molecule has 0 aromatic heterocycles. The first kappa shape index (κ1) is 8.48. The van der Waals surface area contributed by atoms with Crippen molar-refractivity contribution < 1.29 is 4.74 Å². The topological polar surface area (TPSA) is 35.2 Å². The van der Waals surface area contributed by atoms with E-state index in [2.05, 4.69) is 11.8 Å². The fourth-order valence-corrected chi connectivity index (χ4v) is 0.584. The fraction of sp³-hybridized carbons (Fsp3) is 0.714. The van der Waals surface area contributed by atoms with Crippen LogP contribution in [0.4, 0.5) is 0 Å². The molecule has 1 atom stereocenters. The van der Waals surface area contributed by atoms with Gasteiger partial charge < -0.3 is 4.74 Å². The maximum absolute atomic E-state index is 5.54. The van der Waals surface area contributed by atoms with E-state index in [9.17, 15) is 0 Å². The molecular weight excluding hydrogens is 114 g/mol. The first-order chi connectivity index (χ1) is 4.12. The van der Waals surface area contributed by atoms with Crippen LogP contribution in [0.25, 0.3) is 0 Å². The van der Waals surface area contributed by atoms with Crippen LogP contribution in [0.15, 0.2) is 0 Å². The van der Waals surface area contributed by atoms with E-state index in [1.807, 2.05) is 6.92 Å². The van der Waals surface area contributed by atoms with Crippen LogP contribution in [0.1, 0.15) is 20.8 Å². The van der Waals surface area contributed by atoms with Crippen molar-refractivity contribution >= 4 is 0 Å². The number of ether oxygens (including phenoxy) is 1. The van der Waals surface area contributed by atoms with E-state index in [-0.39, 0.29) is 0 Å². The lowest BCUT2D eigenvalue weighted by Crippen LogP contribution is -2.37. The van der Waals surface area contributed by atoms with E-state index in [0.717, 1.165) is 0 Å². The van der Waals surface area contributed by atoms with Crippen LogP contribution in [0.2, 0.25) is 0 Å². The zero-order valence-electron chi connectivity index (χ0n) is 6.19. The Bertz CT molecular complexity index is 130. The van der Waals surface area contributed by atoms with Crippen molar-refractivity contribution in [1.29, 1.82) is 0 Å². The predicted octanol–water partition coefficient (Wildman–Crippen LogP) is 0.721. The van der Waals surface area contributed by atoms with Gasteiger partial charge in [-0.25, -0.2) is 0 Å². The third-order valence-electron chi connectivity index (χ3n) is 0.817. The van der Waals surface area contributed by atoms with E-state index in [0.29, 0.717) is 6.61 Å². The minimum absolute atomic E-state index is 0.599. The van der Waals surface area contributed by atoms with E-state index in [1.54, 1.807) is 13.8 Å². The number of rotatable bonds is 2. The Balaban J connectivity index is 3.80. The summed E-state index contributed by atoms with van der Waals surface area (Å²) in [5.41, 5.74) is 4.78. The van der Waals surface area contributed by atoms with Crippen LogP contribution in [0.5, 0.6) is 0 Å². The average Bonchev–Trinajstić information content (AvgIpc) is 1.64. The van der Waals surface area contributed by atoms with Gasteiger partial charge in [0.2, 0.25) is 0 Å². The number of nitrogens with two attached hydrogens (primary N) is 1. The highest BCUT2D eigenvalue weighted by Crippen LogP contribution is 1.97. The first-order valence-electron chi connectivity index (χ1n) is 2.99. The van der Waals surface area contributed by atoms with Crippen molar-refractivity contribution in [3.05, 3.63) is 0 Å². The standard InChI is InChI=1S/C7H13NO/c1-4-6-7(3,8)9-5-2/h5,8H2,1-3H3. The van der Waals surface area contributed by atoms with Gasteiger partial charge in [-0.1, -0.05) is 5.92 Å². The first-order valence-corrected chi connectivity index (χ1v) is 2.99. The monoisotopic (exact) mass is 127 g/mol. The Labute approximate surface area is 56.4 Å². The molecule has 0 radical (unpaired) electrons. The van der Waals surface area contributed by atoms with E-state index in [1.165, 1.54) is 0 Å². The Kier molecular flexibility index (Phi) is 3.29. The molecule has 0 aliphatic rings. The molecule has 0 aromatic carbocycles. The van der Waals surface area contributed by atoms with E-state index < -0.39 is 5.72 Å². The summed E-state index contributed by atoms with van der Waals surface area (Å²) in [6.07, 6.45) is 0. The SMILES string of the molecule is CC#CC(C)(N)OCC. The Morgan fingerprint density at radius 2 is 2.22 bits per heavy atom. The Morgan fingerprint density at radius 3 is 2.56 bits per heavy atom. The van der Waals surface area contributed by atoms with Gasteiger partial charge >= 0.3 is 0 Å². The van der Waals surface area contributed by atoms with Gasteiger partial charge in [0.1, 0.15) is 0 Å². The second-order valence-corrected chi connectivity index (χ2v) is 1.92. The summed E-state index contributed by atoms with van der Waals surface area (Å²) in [6, 6.07) is 0. The van der Waals surface area contributed by atoms with Gasteiger partial charge in [0, 0.05) is 6.61 Å². The van der Waals surface area contributed by atoms with Crippen LogP contribution in [-0.4, -0.2) is 12.3 Å². The van der Waals surface area contributed by atoms with Crippen LogP contribution < -0.4 is 5.73 Å². The molecule has 0 bridgehead atoms. The molecule has 0 aliphatic carbocycles. The van der Waals surface area contributed by atoms with Gasteiger partial charge in [0.05, 0.1) is 0 Å². The molecule has 9 heavy (non-hydrogen) atoms. The van der Waals surface area contributed by atoms with Crippen molar-refractivity contribution in [3.63, 3.8) is 0 Å². The van der Waals surface area contributed by atoms with Crippen molar-refractivity contribution in [2.24, 2.45) is 5.73 Å². The highest BCUT2D eigenvalue weighted by molar-refractivity contribution is 5.07. The summed E-state index contributed by atoms with van der Waals surface area (Å²) in [5.74, 6) is 5.42. The molecule has 1 unspecified atom stereocenters. The van der Waals surface area contributed by atoms with Gasteiger partial charge in [0.25, 0.3) is 0 Å². The van der Waals surface area contributed by atoms with Crippen molar-refractivity contribution in [3.8, 4) is 11.8 Å². The van der Waals surface area contributed by atoms with Crippen LogP contribution >= 0.6 is 0 Å². The minimum atomic E-state index is -0.760. The van der Waals surface area contributed by atoms with Gasteiger partial charge in [-0.15, -0.1) is 5.92 Å². The molecule has 52 valence electrons. The molecule has 0 saturated heterocycles. The molecule has 0 aromatic rings. The molecule has 0 aliphatic heterocycles. The lowest BCUT2D eigenvalue weighted by molar-refractivity contribution is 0.0266. The highest BCUT2D eigenvalue weighted by Gasteiger charge is 2.12. The highest BCUT2D eigenvalue weighted by atomic mass is 16.5. The largest absolute Gasteiger partial charge is 0.350 e. The van der Waals surface area contributed by atoms with Crippen LogP contribution in [0.3, 0.4) is 0 Å². The zero-order valence-corrected chi connectivity index (χ0v) is 6.19. The molecule has 0 saturated carbocycles. The Hall–Kier alpha value is -0.520. The second kappa shape index (κ2) is 3.49. The predicted molar refractivity (Wildman–Crippen MR) is 37.7 cm³/mol. The molecule has 2 N–H and O–H groups in total. The molecule has 2 heteroatoms. The molecule has 2 nitrogen and oxygen atoms in total. The maximum Gasteiger partial charge on any atom is 0.176 e. The molecule has 0 spiro atoms. The second-order valence-electron chi connectivity index (χ2n) is 1.92. The van der Waals surface area contributed by atoms with Crippen molar-refractivity contribution in [2.75, 3.05) is 6.61 Å². The third-order valence-corrected chi connectivity index (χ3v) is 0.817. The number of hydrogen-bond donors (Lipinski definition) is 1. The maximum atomic E-state index is 5.54. The summed E-state index contributed by atoms with van der Waals surface area (Å²) < 4.78 is 5.07. The third kappa shape index (κ3) is 4.01. The normalized spacial score (nSPS) is 15.6. The lowest BCUT2D eigenvalue weighted by Gasteiger charge is -2.16.